The third kappa shape index (κ3) is 3.33. The molecule has 19 heavy (non-hydrogen) atoms. The highest BCUT2D eigenvalue weighted by molar-refractivity contribution is 5.47. The molecule has 0 fully saturated rings. The van der Waals surface area contributed by atoms with Gasteiger partial charge in [0.1, 0.15) is 0 Å². The molecule has 0 aliphatic rings. The van der Waals surface area contributed by atoms with Crippen LogP contribution >= 0.6 is 0 Å². The Morgan fingerprint density at radius 3 is 2.84 bits per heavy atom. The minimum atomic E-state index is 0.575. The van der Waals surface area contributed by atoms with Crippen LogP contribution in [-0.4, -0.2) is 36.9 Å². The summed E-state index contributed by atoms with van der Waals surface area (Å²) in [4.78, 5) is 4.32. The van der Waals surface area contributed by atoms with E-state index in [2.05, 4.69) is 22.4 Å². The largest absolute Gasteiger partial charge is 0.383 e. The van der Waals surface area contributed by atoms with Crippen LogP contribution in [-0.2, 0) is 16.1 Å². The molecule has 0 unspecified atom stereocenters. The van der Waals surface area contributed by atoms with E-state index in [0.29, 0.717) is 13.2 Å². The molecule has 0 saturated carbocycles. The molecule has 5 heteroatoms. The fourth-order valence-corrected chi connectivity index (χ4v) is 1.92. The van der Waals surface area contributed by atoms with Crippen LogP contribution in [0.15, 0.2) is 36.7 Å². The molecule has 0 radical (unpaired) electrons. The lowest BCUT2D eigenvalue weighted by molar-refractivity contribution is 0.185. The molecule has 0 spiro atoms. The van der Waals surface area contributed by atoms with E-state index in [1.54, 1.807) is 20.4 Å². The van der Waals surface area contributed by atoms with Crippen molar-refractivity contribution in [2.45, 2.75) is 6.61 Å². The number of aromatic nitrogens is 2. The van der Waals surface area contributed by atoms with E-state index in [9.17, 15) is 0 Å². The lowest BCUT2D eigenvalue weighted by Gasteiger charge is -2.13. The first-order chi connectivity index (χ1) is 9.36. The van der Waals surface area contributed by atoms with Gasteiger partial charge in [-0.15, -0.1) is 0 Å². The predicted octanol–water partition coefficient (Wildman–Crippen LogP) is 2.08. The number of para-hydroxylation sites is 1. The zero-order valence-corrected chi connectivity index (χ0v) is 11.3. The van der Waals surface area contributed by atoms with Gasteiger partial charge in [0, 0.05) is 38.7 Å². The molecule has 0 aliphatic carbocycles. The Kier molecular flexibility index (Phi) is 4.94. The van der Waals surface area contributed by atoms with Crippen molar-refractivity contribution in [1.82, 2.24) is 9.55 Å². The zero-order valence-electron chi connectivity index (χ0n) is 11.3. The summed E-state index contributed by atoms with van der Waals surface area (Å²) in [6, 6.07) is 8.12. The summed E-state index contributed by atoms with van der Waals surface area (Å²) in [6.07, 6.45) is 3.71. The van der Waals surface area contributed by atoms with Gasteiger partial charge in [-0.25, -0.2) is 4.98 Å². The molecular formula is C14H19N3O2. The van der Waals surface area contributed by atoms with E-state index in [-0.39, 0.29) is 0 Å². The number of methoxy groups -OCH3 is 2. The Morgan fingerprint density at radius 2 is 2.05 bits per heavy atom. The number of nitrogens with zero attached hydrogens (tertiary/aromatic N) is 2. The van der Waals surface area contributed by atoms with Gasteiger partial charge in [0.2, 0.25) is 5.95 Å². The minimum absolute atomic E-state index is 0.575. The number of hydrogen-bond acceptors (Lipinski definition) is 4. The second kappa shape index (κ2) is 6.92. The number of benzene rings is 1. The first kappa shape index (κ1) is 13.6. The Balaban J connectivity index is 2.24. The molecule has 1 heterocycles. The fourth-order valence-electron chi connectivity index (χ4n) is 1.92. The summed E-state index contributed by atoms with van der Waals surface area (Å²) < 4.78 is 12.3. The van der Waals surface area contributed by atoms with E-state index in [0.717, 1.165) is 23.7 Å². The Labute approximate surface area is 113 Å². The summed E-state index contributed by atoms with van der Waals surface area (Å²) in [5.41, 5.74) is 2.19. The van der Waals surface area contributed by atoms with E-state index >= 15 is 0 Å². The van der Waals surface area contributed by atoms with Gasteiger partial charge in [-0.1, -0.05) is 18.2 Å². The molecular weight excluding hydrogens is 242 g/mol. The van der Waals surface area contributed by atoms with Gasteiger partial charge in [-0.3, -0.25) is 4.57 Å². The average molecular weight is 261 g/mol. The van der Waals surface area contributed by atoms with E-state index < -0.39 is 0 Å². The first-order valence-corrected chi connectivity index (χ1v) is 6.20. The number of nitrogens with one attached hydrogen (secondary N) is 1. The van der Waals surface area contributed by atoms with Crippen molar-refractivity contribution in [2.24, 2.45) is 0 Å². The summed E-state index contributed by atoms with van der Waals surface area (Å²) in [7, 11) is 3.38. The molecule has 0 saturated heterocycles. The van der Waals surface area contributed by atoms with Crippen molar-refractivity contribution >= 4 is 5.95 Å². The molecule has 1 aromatic carbocycles. The van der Waals surface area contributed by atoms with Gasteiger partial charge in [0.15, 0.2) is 0 Å². The topological polar surface area (TPSA) is 48.3 Å². The van der Waals surface area contributed by atoms with Crippen LogP contribution in [0.3, 0.4) is 0 Å². The van der Waals surface area contributed by atoms with Crippen LogP contribution in [0.25, 0.3) is 5.69 Å². The molecule has 5 nitrogen and oxygen atoms in total. The maximum atomic E-state index is 5.23. The molecule has 0 atom stereocenters. The van der Waals surface area contributed by atoms with Crippen LogP contribution in [0.4, 0.5) is 5.95 Å². The number of ether oxygens (including phenoxy) is 2. The van der Waals surface area contributed by atoms with E-state index in [1.165, 1.54) is 0 Å². The average Bonchev–Trinajstić information content (AvgIpc) is 2.88. The Bertz CT molecular complexity index is 511. The molecule has 102 valence electrons. The van der Waals surface area contributed by atoms with Gasteiger partial charge in [-0.05, 0) is 6.07 Å². The zero-order chi connectivity index (χ0) is 13.5. The highest BCUT2D eigenvalue weighted by Gasteiger charge is 2.08. The van der Waals surface area contributed by atoms with Crippen LogP contribution in [0, 0.1) is 0 Å². The Hall–Kier alpha value is -1.85. The van der Waals surface area contributed by atoms with Crippen molar-refractivity contribution in [2.75, 3.05) is 32.7 Å². The van der Waals surface area contributed by atoms with Gasteiger partial charge in [0.05, 0.1) is 18.9 Å². The molecule has 2 rings (SSSR count). The van der Waals surface area contributed by atoms with Crippen LogP contribution in [0.5, 0.6) is 0 Å². The van der Waals surface area contributed by atoms with Crippen molar-refractivity contribution in [3.63, 3.8) is 0 Å². The normalized spacial score (nSPS) is 10.6. The van der Waals surface area contributed by atoms with Crippen molar-refractivity contribution in [3.8, 4) is 5.69 Å². The maximum absolute atomic E-state index is 5.23. The lowest BCUT2D eigenvalue weighted by Crippen LogP contribution is -2.12. The monoisotopic (exact) mass is 261 g/mol. The van der Waals surface area contributed by atoms with Crippen LogP contribution in [0.1, 0.15) is 5.56 Å². The summed E-state index contributed by atoms with van der Waals surface area (Å²) in [5.74, 6) is 0.806. The maximum Gasteiger partial charge on any atom is 0.207 e. The second-order valence-electron chi connectivity index (χ2n) is 4.10. The van der Waals surface area contributed by atoms with E-state index in [1.807, 2.05) is 22.9 Å². The molecule has 0 bridgehead atoms. The third-order valence-electron chi connectivity index (χ3n) is 2.78. The van der Waals surface area contributed by atoms with Gasteiger partial charge in [-0.2, -0.15) is 0 Å². The summed E-state index contributed by atoms with van der Waals surface area (Å²) >= 11 is 0. The van der Waals surface area contributed by atoms with Gasteiger partial charge in [0.25, 0.3) is 0 Å². The van der Waals surface area contributed by atoms with Crippen molar-refractivity contribution in [3.05, 3.63) is 42.2 Å². The third-order valence-corrected chi connectivity index (χ3v) is 2.78. The number of rotatable bonds is 7. The highest BCUT2D eigenvalue weighted by atomic mass is 16.5. The summed E-state index contributed by atoms with van der Waals surface area (Å²) in [5, 5.41) is 3.25. The molecule has 0 aliphatic heterocycles. The first-order valence-electron chi connectivity index (χ1n) is 6.20. The van der Waals surface area contributed by atoms with Crippen molar-refractivity contribution < 1.29 is 9.47 Å². The van der Waals surface area contributed by atoms with E-state index in [4.69, 9.17) is 9.47 Å². The summed E-state index contributed by atoms with van der Waals surface area (Å²) in [6.45, 7) is 1.94. The number of hydrogen-bond donors (Lipinski definition) is 1. The van der Waals surface area contributed by atoms with Crippen LogP contribution in [0.2, 0.25) is 0 Å². The predicted molar refractivity (Wildman–Crippen MR) is 74.6 cm³/mol. The van der Waals surface area contributed by atoms with Crippen molar-refractivity contribution in [1.29, 1.82) is 0 Å². The molecule has 1 N–H and O–H groups in total. The smallest absolute Gasteiger partial charge is 0.207 e. The minimum Gasteiger partial charge on any atom is -0.383 e. The standard InChI is InChI=1S/C14H19N3O2/c1-18-10-8-16-14-15-7-9-17(14)13-6-4-3-5-12(13)11-19-2/h3-7,9H,8,10-11H2,1-2H3,(H,15,16). The Morgan fingerprint density at radius 1 is 1.21 bits per heavy atom. The lowest BCUT2D eigenvalue weighted by atomic mass is 10.2. The SMILES string of the molecule is COCCNc1nccn1-c1ccccc1COC. The number of imidazole rings is 1. The van der Waals surface area contributed by atoms with Crippen LogP contribution < -0.4 is 5.32 Å². The molecule has 1 aromatic heterocycles. The van der Waals surface area contributed by atoms with Gasteiger partial charge < -0.3 is 14.8 Å². The quantitative estimate of drug-likeness (QED) is 0.775. The fraction of sp³-hybridized carbons (Fsp3) is 0.357. The van der Waals surface area contributed by atoms with Gasteiger partial charge >= 0.3 is 0 Å². The number of anilines is 1. The molecule has 0 amide bonds. The second-order valence-corrected chi connectivity index (χ2v) is 4.10. The molecule has 2 aromatic rings. The highest BCUT2D eigenvalue weighted by Crippen LogP contribution is 2.19.